The molecule has 0 aromatic heterocycles. The zero-order valence-corrected chi connectivity index (χ0v) is 17.6. The van der Waals surface area contributed by atoms with Crippen LogP contribution in [0.25, 0.3) is 0 Å². The third-order valence-electron chi connectivity index (χ3n) is 3.98. The maximum atomic E-state index is 11.5. The van der Waals surface area contributed by atoms with Crippen molar-refractivity contribution in [3.05, 3.63) is 0 Å². The van der Waals surface area contributed by atoms with E-state index in [1.807, 2.05) is 0 Å². The molecule has 0 spiro atoms. The Kier molecular flexibility index (Phi) is 9.00. The molecule has 1 fully saturated rings. The van der Waals surface area contributed by atoms with Crippen LogP contribution in [0.5, 0.6) is 0 Å². The minimum Gasteiger partial charge on any atom is -0.202 e. The number of nitrogens with zero attached hydrogens (tertiary/aromatic N) is 2. The van der Waals surface area contributed by atoms with E-state index in [0.717, 1.165) is 0 Å². The Balaban J connectivity index is 0.000000511. The lowest BCUT2D eigenvalue weighted by Crippen LogP contribution is -2.45. The van der Waals surface area contributed by atoms with E-state index in [9.17, 15) is 43.2 Å². The molecule has 0 aliphatic carbocycles. The van der Waals surface area contributed by atoms with Gasteiger partial charge in [-0.05, 0) is 6.42 Å². The van der Waals surface area contributed by atoms with Crippen LogP contribution in [-0.4, -0.2) is 77.2 Å². The molecule has 164 valence electrons. The number of sulfonamides is 2. The Hall–Kier alpha value is -0.210. The average molecular weight is 470 g/mol. The van der Waals surface area contributed by atoms with Gasteiger partial charge in [-0.15, -0.1) is 0 Å². The fourth-order valence-electron chi connectivity index (χ4n) is 2.02. The molecule has 0 amide bonds. The summed E-state index contributed by atoms with van der Waals surface area (Å²) in [5, 5.41) is 0. The van der Waals surface area contributed by atoms with E-state index < -0.39 is 42.8 Å². The molecule has 0 radical (unpaired) electrons. The molecule has 1 rings (SSSR count). The van der Waals surface area contributed by atoms with Crippen molar-refractivity contribution < 1.29 is 43.2 Å². The van der Waals surface area contributed by atoms with Gasteiger partial charge in [0, 0.05) is 14.1 Å². The first kappa shape index (κ1) is 26.8. The minimum absolute atomic E-state index is 0.493. The molecule has 0 atom stereocenters. The molecule has 7 nitrogen and oxygen atoms in total. The fourth-order valence-corrected chi connectivity index (χ4v) is 7.09. The van der Waals surface area contributed by atoms with Crippen molar-refractivity contribution in [1.82, 2.24) is 13.5 Å². The van der Waals surface area contributed by atoms with Crippen LogP contribution < -0.4 is 4.13 Å². The molecular formula is C11H23F6N3O4PS2+. The van der Waals surface area contributed by atoms with Gasteiger partial charge < -0.3 is 0 Å². The van der Waals surface area contributed by atoms with E-state index in [1.54, 1.807) is 0 Å². The molecule has 1 aliphatic rings. The number of nitrogens with one attached hydrogen (secondary N) is 1. The van der Waals surface area contributed by atoms with Gasteiger partial charge in [-0.1, -0.05) is 17.5 Å². The SMILES string of the molecule is CCCC[P+]1(C)N(C)CCN1C.O=S(=O)(NS(=O)(=O)C(F)(F)F)C(F)(F)F. The summed E-state index contributed by atoms with van der Waals surface area (Å²) in [6.45, 7) is 7.28. The second-order valence-corrected chi connectivity index (χ2v) is 13.5. The van der Waals surface area contributed by atoms with Gasteiger partial charge in [0.05, 0.1) is 25.9 Å². The predicted molar refractivity (Wildman–Crippen MR) is 91.0 cm³/mol. The number of halogens is 6. The molecule has 1 N–H and O–H groups in total. The normalized spacial score (nSPS) is 19.6. The van der Waals surface area contributed by atoms with Crippen LogP contribution in [0.4, 0.5) is 26.3 Å². The molecule has 16 heteroatoms. The summed E-state index contributed by atoms with van der Waals surface area (Å²) < 4.78 is 113. The monoisotopic (exact) mass is 470 g/mol. The summed E-state index contributed by atoms with van der Waals surface area (Å²) in [6.07, 6.45) is 4.13. The Morgan fingerprint density at radius 1 is 0.889 bits per heavy atom. The highest BCUT2D eigenvalue weighted by Crippen LogP contribution is 2.63. The van der Waals surface area contributed by atoms with Crippen LogP contribution in [0.3, 0.4) is 0 Å². The van der Waals surface area contributed by atoms with E-state index in [-0.39, 0.29) is 0 Å². The third kappa shape index (κ3) is 6.96. The molecule has 27 heavy (non-hydrogen) atoms. The molecule has 0 saturated carbocycles. The lowest BCUT2D eigenvalue weighted by molar-refractivity contribution is -0.0476. The van der Waals surface area contributed by atoms with E-state index in [2.05, 4.69) is 37.0 Å². The molecule has 1 aliphatic heterocycles. The lowest BCUT2D eigenvalue weighted by Gasteiger charge is -2.28. The first-order valence-electron chi connectivity index (χ1n) is 7.51. The highest BCUT2D eigenvalue weighted by Gasteiger charge is 2.55. The maximum Gasteiger partial charge on any atom is 0.512 e. The van der Waals surface area contributed by atoms with E-state index in [1.165, 1.54) is 32.1 Å². The maximum absolute atomic E-state index is 11.5. The highest BCUT2D eigenvalue weighted by molar-refractivity contribution is 8.05. The van der Waals surface area contributed by atoms with E-state index in [0.29, 0.717) is 0 Å². The number of hydrogen-bond acceptors (Lipinski definition) is 6. The van der Waals surface area contributed by atoms with Crippen molar-refractivity contribution in [2.75, 3.05) is 40.0 Å². The summed E-state index contributed by atoms with van der Waals surface area (Å²) in [5.74, 6) is 0. The van der Waals surface area contributed by atoms with Gasteiger partial charge in [-0.25, -0.2) is 16.8 Å². The number of likely N-dealkylation sites (N-methyl/N-ethyl adjacent to an activating group) is 2. The molecule has 0 aromatic carbocycles. The van der Waals surface area contributed by atoms with Crippen LogP contribution in [-0.2, 0) is 20.0 Å². The first-order chi connectivity index (χ1) is 11.8. The number of rotatable bonds is 5. The largest absolute Gasteiger partial charge is 0.512 e. The Bertz CT molecular complexity index is 644. The summed E-state index contributed by atoms with van der Waals surface area (Å²) >= 11 is 0. The zero-order valence-electron chi connectivity index (χ0n) is 15.1. The summed E-state index contributed by atoms with van der Waals surface area (Å²) in [6, 6.07) is 0. The standard InChI is InChI=1S/C9H22N2P.C2HF6NO4S2/c1-5-6-9-12(4)10(2)7-8-11(12)3;3-1(4,5)14(10,11)9-15(12,13)2(6,7)8/h5-9H2,1-4H3;9H/q+1;. The Morgan fingerprint density at radius 2 is 1.22 bits per heavy atom. The number of unbranched alkanes of at least 4 members (excludes halogenated alkanes) is 1. The second-order valence-electron chi connectivity index (χ2n) is 5.91. The fraction of sp³-hybridized carbons (Fsp3) is 1.00. The van der Waals surface area contributed by atoms with Crippen molar-refractivity contribution in [2.24, 2.45) is 0 Å². The van der Waals surface area contributed by atoms with Gasteiger partial charge in [0.1, 0.15) is 7.56 Å². The van der Waals surface area contributed by atoms with Crippen molar-refractivity contribution in [1.29, 1.82) is 0 Å². The van der Waals surface area contributed by atoms with Gasteiger partial charge in [0.2, 0.25) is 0 Å². The molecular weight excluding hydrogens is 447 g/mol. The smallest absolute Gasteiger partial charge is 0.202 e. The summed E-state index contributed by atoms with van der Waals surface area (Å²) in [7, 11) is -9.48. The Morgan fingerprint density at radius 3 is 1.48 bits per heavy atom. The zero-order chi connectivity index (χ0) is 21.9. The highest BCUT2D eigenvalue weighted by atomic mass is 32.3. The van der Waals surface area contributed by atoms with Crippen LogP contribution >= 0.6 is 7.56 Å². The van der Waals surface area contributed by atoms with Crippen LogP contribution in [0.1, 0.15) is 19.8 Å². The van der Waals surface area contributed by atoms with E-state index in [4.69, 9.17) is 0 Å². The third-order valence-corrected chi connectivity index (χ3v) is 11.5. The first-order valence-corrected chi connectivity index (χ1v) is 12.8. The van der Waals surface area contributed by atoms with Gasteiger partial charge in [0.25, 0.3) is 0 Å². The molecule has 1 saturated heterocycles. The molecule has 0 bridgehead atoms. The second kappa shape index (κ2) is 9.08. The van der Waals surface area contributed by atoms with Crippen molar-refractivity contribution in [3.8, 4) is 0 Å². The molecule has 1 heterocycles. The topological polar surface area (TPSA) is 86.8 Å². The van der Waals surface area contributed by atoms with Crippen LogP contribution in [0, 0.1) is 0 Å². The van der Waals surface area contributed by atoms with E-state index >= 15 is 0 Å². The van der Waals surface area contributed by atoms with Gasteiger partial charge in [-0.2, -0.15) is 35.7 Å². The lowest BCUT2D eigenvalue weighted by atomic mass is 10.4. The quantitative estimate of drug-likeness (QED) is 0.491. The van der Waals surface area contributed by atoms with Crippen LogP contribution in [0.2, 0.25) is 0 Å². The van der Waals surface area contributed by atoms with Crippen LogP contribution in [0.15, 0.2) is 0 Å². The number of hydrogen-bond donors (Lipinski definition) is 1. The summed E-state index contributed by atoms with van der Waals surface area (Å²) in [5.41, 5.74) is -12.3. The minimum atomic E-state index is -6.60. The average Bonchev–Trinajstić information content (AvgIpc) is 2.70. The molecule has 0 unspecified atom stereocenters. The molecule has 0 aromatic rings. The van der Waals surface area contributed by atoms with Gasteiger partial charge in [0.15, 0.2) is 0 Å². The summed E-state index contributed by atoms with van der Waals surface area (Å²) in [4.78, 5) is 0. The number of alkyl halides is 6. The van der Waals surface area contributed by atoms with Crippen molar-refractivity contribution in [3.63, 3.8) is 0 Å². The van der Waals surface area contributed by atoms with Crippen molar-refractivity contribution in [2.45, 2.75) is 30.8 Å². The van der Waals surface area contributed by atoms with Gasteiger partial charge in [-0.3, -0.25) is 0 Å². The predicted octanol–water partition coefficient (Wildman–Crippen LogP) is 2.42. The van der Waals surface area contributed by atoms with Crippen molar-refractivity contribution >= 4 is 27.6 Å². The van der Waals surface area contributed by atoms with Gasteiger partial charge >= 0.3 is 31.1 Å². The Labute approximate surface area is 155 Å².